The van der Waals surface area contributed by atoms with Crippen molar-refractivity contribution in [3.8, 4) is 5.75 Å². The number of benzene rings is 1. The van der Waals surface area contributed by atoms with Crippen LogP contribution in [0.15, 0.2) is 23.2 Å². The van der Waals surface area contributed by atoms with E-state index in [-0.39, 0.29) is 24.0 Å². The molecule has 7 nitrogen and oxygen atoms in total. The van der Waals surface area contributed by atoms with Crippen LogP contribution in [0.25, 0.3) is 0 Å². The molecule has 1 rings (SSSR count). The van der Waals surface area contributed by atoms with E-state index in [0.29, 0.717) is 38.6 Å². The standard InChI is InChI=1S/C17H30N4O3S.HI/c1-6-21(25(5,22)23)11-7-10-19-17(18-3)20-13-15-9-8-14(2)12-16(15)24-4;/h8-9,12H,6-7,10-11,13H2,1-5H3,(H2,18,19,20);1H. The van der Waals surface area contributed by atoms with E-state index >= 15 is 0 Å². The zero-order valence-electron chi connectivity index (χ0n) is 16.2. The molecule has 0 saturated heterocycles. The number of methoxy groups -OCH3 is 1. The molecule has 0 radical (unpaired) electrons. The summed E-state index contributed by atoms with van der Waals surface area (Å²) in [5, 5.41) is 6.44. The number of hydrogen-bond donors (Lipinski definition) is 2. The summed E-state index contributed by atoms with van der Waals surface area (Å²) in [6.45, 7) is 6.06. The van der Waals surface area contributed by atoms with Crippen molar-refractivity contribution >= 4 is 40.0 Å². The first-order chi connectivity index (χ1) is 11.8. The molecule has 0 saturated carbocycles. The molecule has 0 spiro atoms. The SMILES string of the molecule is CCN(CCCNC(=NC)NCc1ccc(C)cc1OC)S(C)(=O)=O.I. The summed E-state index contributed by atoms with van der Waals surface area (Å²) in [7, 11) is 0.231. The Morgan fingerprint density at radius 2 is 2.00 bits per heavy atom. The summed E-state index contributed by atoms with van der Waals surface area (Å²) < 4.78 is 30.0. The van der Waals surface area contributed by atoms with Gasteiger partial charge in [0.15, 0.2) is 5.96 Å². The number of ether oxygens (including phenoxy) is 1. The van der Waals surface area contributed by atoms with Gasteiger partial charge in [-0.25, -0.2) is 12.7 Å². The van der Waals surface area contributed by atoms with Crippen molar-refractivity contribution in [2.75, 3.05) is 40.0 Å². The van der Waals surface area contributed by atoms with Crippen LogP contribution in [0.1, 0.15) is 24.5 Å². The zero-order valence-corrected chi connectivity index (χ0v) is 19.4. The van der Waals surface area contributed by atoms with Gasteiger partial charge >= 0.3 is 0 Å². The van der Waals surface area contributed by atoms with Gasteiger partial charge in [-0.2, -0.15) is 0 Å². The smallest absolute Gasteiger partial charge is 0.211 e. The van der Waals surface area contributed by atoms with Crippen molar-refractivity contribution < 1.29 is 13.2 Å². The van der Waals surface area contributed by atoms with Crippen molar-refractivity contribution in [1.29, 1.82) is 0 Å². The number of sulfonamides is 1. The minimum absolute atomic E-state index is 0. The maximum absolute atomic E-state index is 11.5. The molecule has 0 heterocycles. The number of aryl methyl sites for hydroxylation is 1. The van der Waals surface area contributed by atoms with E-state index in [1.165, 1.54) is 10.6 Å². The topological polar surface area (TPSA) is 83.0 Å². The first-order valence-electron chi connectivity index (χ1n) is 8.35. The molecule has 0 bridgehead atoms. The Morgan fingerprint density at radius 3 is 2.54 bits per heavy atom. The average Bonchev–Trinajstić information content (AvgIpc) is 2.57. The van der Waals surface area contributed by atoms with Crippen molar-refractivity contribution in [3.05, 3.63) is 29.3 Å². The quantitative estimate of drug-likeness (QED) is 0.236. The second-order valence-electron chi connectivity index (χ2n) is 5.78. The first-order valence-corrected chi connectivity index (χ1v) is 10.2. The molecule has 1 aromatic rings. The third-order valence-electron chi connectivity index (χ3n) is 3.81. The van der Waals surface area contributed by atoms with E-state index in [9.17, 15) is 8.42 Å². The third-order valence-corrected chi connectivity index (χ3v) is 5.19. The predicted octanol–water partition coefficient (Wildman–Crippen LogP) is 1.96. The van der Waals surface area contributed by atoms with Gasteiger partial charge in [-0.15, -0.1) is 24.0 Å². The number of halogens is 1. The van der Waals surface area contributed by atoms with E-state index < -0.39 is 10.0 Å². The second-order valence-corrected chi connectivity index (χ2v) is 7.76. The predicted molar refractivity (Wildman–Crippen MR) is 118 cm³/mol. The Bertz CT molecular complexity index is 681. The minimum atomic E-state index is -3.13. The van der Waals surface area contributed by atoms with Crippen molar-refractivity contribution in [3.63, 3.8) is 0 Å². The lowest BCUT2D eigenvalue weighted by Gasteiger charge is -2.18. The van der Waals surface area contributed by atoms with Crippen molar-refractivity contribution in [1.82, 2.24) is 14.9 Å². The molecular formula is C17H31IN4O3S. The normalized spacial score (nSPS) is 11.8. The molecule has 0 aliphatic heterocycles. The summed E-state index contributed by atoms with van der Waals surface area (Å²) in [6, 6.07) is 6.07. The summed E-state index contributed by atoms with van der Waals surface area (Å²) >= 11 is 0. The third kappa shape index (κ3) is 8.54. The monoisotopic (exact) mass is 498 g/mol. The molecular weight excluding hydrogens is 467 g/mol. The first kappa shape index (κ1) is 24.9. The highest BCUT2D eigenvalue weighted by molar-refractivity contribution is 14.0. The number of nitrogens with one attached hydrogen (secondary N) is 2. The largest absolute Gasteiger partial charge is 0.496 e. The number of guanidine groups is 1. The minimum Gasteiger partial charge on any atom is -0.496 e. The van der Waals surface area contributed by atoms with E-state index in [1.54, 1.807) is 14.2 Å². The van der Waals surface area contributed by atoms with Gasteiger partial charge in [-0.1, -0.05) is 19.1 Å². The Hall–Kier alpha value is -1.07. The highest BCUT2D eigenvalue weighted by Gasteiger charge is 2.13. The zero-order chi connectivity index (χ0) is 18.9. The van der Waals surface area contributed by atoms with Crippen LogP contribution in [-0.4, -0.2) is 58.7 Å². The Balaban J connectivity index is 0.00000625. The molecule has 0 aliphatic carbocycles. The van der Waals surface area contributed by atoms with Crippen LogP contribution in [0, 0.1) is 6.92 Å². The maximum atomic E-state index is 11.5. The van der Waals surface area contributed by atoms with Crippen LogP contribution >= 0.6 is 24.0 Å². The Kier molecular flexibility index (Phi) is 11.8. The van der Waals surface area contributed by atoms with E-state index in [0.717, 1.165) is 16.9 Å². The molecule has 2 N–H and O–H groups in total. The molecule has 1 aromatic carbocycles. The highest BCUT2D eigenvalue weighted by atomic mass is 127. The summed E-state index contributed by atoms with van der Waals surface area (Å²) in [4.78, 5) is 4.18. The fraction of sp³-hybridized carbons (Fsp3) is 0.588. The lowest BCUT2D eigenvalue weighted by molar-refractivity contribution is 0.408. The number of nitrogens with zero attached hydrogens (tertiary/aromatic N) is 2. The summed E-state index contributed by atoms with van der Waals surface area (Å²) in [5.41, 5.74) is 2.19. The van der Waals surface area contributed by atoms with E-state index in [4.69, 9.17) is 4.74 Å². The summed E-state index contributed by atoms with van der Waals surface area (Å²) in [5.74, 6) is 1.51. The Labute approximate surface area is 174 Å². The van der Waals surface area contributed by atoms with Gasteiger partial charge in [-0.3, -0.25) is 4.99 Å². The number of rotatable bonds is 9. The fourth-order valence-corrected chi connectivity index (χ4v) is 3.35. The molecule has 150 valence electrons. The van der Waals surface area contributed by atoms with E-state index in [2.05, 4.69) is 15.6 Å². The van der Waals surface area contributed by atoms with Gasteiger partial charge in [0, 0.05) is 38.8 Å². The lowest BCUT2D eigenvalue weighted by atomic mass is 10.1. The van der Waals surface area contributed by atoms with Crippen LogP contribution in [0.5, 0.6) is 5.75 Å². The highest BCUT2D eigenvalue weighted by Crippen LogP contribution is 2.19. The van der Waals surface area contributed by atoms with Gasteiger partial charge < -0.3 is 15.4 Å². The Morgan fingerprint density at radius 1 is 1.31 bits per heavy atom. The van der Waals surface area contributed by atoms with Crippen LogP contribution in [-0.2, 0) is 16.6 Å². The molecule has 0 fully saturated rings. The van der Waals surface area contributed by atoms with E-state index in [1.807, 2.05) is 32.0 Å². The molecule has 0 unspecified atom stereocenters. The van der Waals surface area contributed by atoms with Gasteiger partial charge in [0.05, 0.1) is 13.4 Å². The molecule has 0 atom stereocenters. The molecule has 9 heteroatoms. The van der Waals surface area contributed by atoms with Crippen LogP contribution in [0.2, 0.25) is 0 Å². The van der Waals surface area contributed by atoms with Gasteiger partial charge in [-0.05, 0) is 25.0 Å². The number of hydrogen-bond acceptors (Lipinski definition) is 4. The van der Waals surface area contributed by atoms with Gasteiger partial charge in [0.25, 0.3) is 0 Å². The molecule has 0 amide bonds. The maximum Gasteiger partial charge on any atom is 0.211 e. The molecule has 0 aliphatic rings. The lowest BCUT2D eigenvalue weighted by Crippen LogP contribution is -2.39. The van der Waals surface area contributed by atoms with Gasteiger partial charge in [0.1, 0.15) is 5.75 Å². The number of aliphatic imine (C=N–C) groups is 1. The van der Waals surface area contributed by atoms with Crippen molar-refractivity contribution in [2.45, 2.75) is 26.8 Å². The molecule has 26 heavy (non-hydrogen) atoms. The van der Waals surface area contributed by atoms with Crippen LogP contribution < -0.4 is 15.4 Å². The average molecular weight is 498 g/mol. The van der Waals surface area contributed by atoms with Crippen molar-refractivity contribution in [2.24, 2.45) is 4.99 Å². The van der Waals surface area contributed by atoms with Crippen LogP contribution in [0.4, 0.5) is 0 Å². The van der Waals surface area contributed by atoms with Crippen LogP contribution in [0.3, 0.4) is 0 Å². The fourth-order valence-electron chi connectivity index (χ4n) is 2.42. The molecule has 0 aromatic heterocycles. The second kappa shape index (κ2) is 12.3. The summed E-state index contributed by atoms with van der Waals surface area (Å²) in [6.07, 6.45) is 1.94. The van der Waals surface area contributed by atoms with Gasteiger partial charge in [0.2, 0.25) is 10.0 Å².